The molecule has 2 rings (SSSR count). The number of benzene rings is 1. The number of H-pyrrole nitrogens is 1. The standard InChI is InChI=1S/C18H27N3OS/c1-5-6-16-20-15-8-13(7-12(4)17(15)21-16)9-19-18(22)14(10-23)11(2)3/h7-8,11,14,23H,5-6,9-10H2,1-4H3,(H,19,22)(H,20,21)/t14-/m1/s1. The third-order valence-corrected chi connectivity index (χ3v) is 4.57. The third-order valence-electron chi connectivity index (χ3n) is 4.18. The number of aromatic amines is 1. The van der Waals surface area contributed by atoms with Gasteiger partial charge in [0.15, 0.2) is 0 Å². The number of nitrogens with zero attached hydrogens (tertiary/aromatic N) is 1. The van der Waals surface area contributed by atoms with E-state index in [9.17, 15) is 4.79 Å². The smallest absolute Gasteiger partial charge is 0.224 e. The van der Waals surface area contributed by atoms with E-state index in [-0.39, 0.29) is 11.8 Å². The maximum atomic E-state index is 12.2. The summed E-state index contributed by atoms with van der Waals surface area (Å²) in [5, 5.41) is 3.03. The number of rotatable bonds is 7. The van der Waals surface area contributed by atoms with E-state index in [1.165, 1.54) is 0 Å². The molecule has 0 saturated heterocycles. The van der Waals surface area contributed by atoms with E-state index >= 15 is 0 Å². The van der Waals surface area contributed by atoms with E-state index in [2.05, 4.69) is 67.7 Å². The van der Waals surface area contributed by atoms with E-state index in [0.717, 1.165) is 40.8 Å². The van der Waals surface area contributed by atoms with E-state index in [0.29, 0.717) is 18.2 Å². The molecule has 126 valence electrons. The number of aromatic nitrogens is 2. The zero-order valence-electron chi connectivity index (χ0n) is 14.4. The van der Waals surface area contributed by atoms with Gasteiger partial charge < -0.3 is 10.3 Å². The first kappa shape index (κ1) is 17.9. The number of fused-ring (bicyclic) bond motifs is 1. The highest BCUT2D eigenvalue weighted by Gasteiger charge is 2.20. The number of carbonyl (C=O) groups is 1. The van der Waals surface area contributed by atoms with Crippen molar-refractivity contribution >= 4 is 29.6 Å². The molecule has 1 aromatic heterocycles. The van der Waals surface area contributed by atoms with Crippen molar-refractivity contribution in [3.05, 3.63) is 29.1 Å². The van der Waals surface area contributed by atoms with Crippen LogP contribution in [0.5, 0.6) is 0 Å². The largest absolute Gasteiger partial charge is 0.352 e. The molecule has 0 unspecified atom stereocenters. The Balaban J connectivity index is 2.13. The molecule has 23 heavy (non-hydrogen) atoms. The summed E-state index contributed by atoms with van der Waals surface area (Å²) in [6, 6.07) is 4.18. The van der Waals surface area contributed by atoms with Gasteiger partial charge in [-0.25, -0.2) is 4.98 Å². The van der Waals surface area contributed by atoms with Gasteiger partial charge in [0.05, 0.1) is 11.0 Å². The van der Waals surface area contributed by atoms with Crippen LogP contribution in [0.2, 0.25) is 0 Å². The third kappa shape index (κ3) is 4.28. The van der Waals surface area contributed by atoms with Crippen LogP contribution in [0.1, 0.15) is 44.1 Å². The fourth-order valence-corrected chi connectivity index (χ4v) is 3.38. The lowest BCUT2D eigenvalue weighted by Gasteiger charge is -2.18. The Morgan fingerprint density at radius 1 is 1.39 bits per heavy atom. The van der Waals surface area contributed by atoms with Crippen molar-refractivity contribution in [2.45, 2.75) is 47.1 Å². The summed E-state index contributed by atoms with van der Waals surface area (Å²) in [7, 11) is 0. The molecular weight excluding hydrogens is 306 g/mol. The molecule has 5 heteroatoms. The summed E-state index contributed by atoms with van der Waals surface area (Å²) in [5.41, 5.74) is 4.31. The van der Waals surface area contributed by atoms with Crippen LogP contribution in [0.25, 0.3) is 11.0 Å². The van der Waals surface area contributed by atoms with Crippen molar-refractivity contribution < 1.29 is 4.79 Å². The van der Waals surface area contributed by atoms with Crippen molar-refractivity contribution in [3.8, 4) is 0 Å². The quantitative estimate of drug-likeness (QED) is 0.678. The molecule has 0 fully saturated rings. The van der Waals surface area contributed by atoms with Gasteiger partial charge in [0, 0.05) is 24.6 Å². The first-order valence-electron chi connectivity index (χ1n) is 8.32. The van der Waals surface area contributed by atoms with Crippen LogP contribution in [-0.2, 0) is 17.8 Å². The molecule has 1 heterocycles. The van der Waals surface area contributed by atoms with Gasteiger partial charge in [-0.2, -0.15) is 12.6 Å². The van der Waals surface area contributed by atoms with E-state index < -0.39 is 0 Å². The zero-order valence-corrected chi connectivity index (χ0v) is 15.3. The van der Waals surface area contributed by atoms with Gasteiger partial charge in [-0.15, -0.1) is 0 Å². The molecule has 2 aromatic rings. The highest BCUT2D eigenvalue weighted by Crippen LogP contribution is 2.20. The molecule has 0 radical (unpaired) electrons. The lowest BCUT2D eigenvalue weighted by Crippen LogP contribution is -2.34. The SMILES string of the molecule is CCCc1nc2c(C)cc(CNC(=O)[C@H](CS)C(C)C)cc2[nH]1. The number of amides is 1. The van der Waals surface area contributed by atoms with Crippen LogP contribution in [0.4, 0.5) is 0 Å². The molecule has 0 aliphatic heterocycles. The lowest BCUT2D eigenvalue weighted by atomic mass is 9.97. The molecule has 2 N–H and O–H groups in total. The Morgan fingerprint density at radius 2 is 2.13 bits per heavy atom. The summed E-state index contributed by atoms with van der Waals surface area (Å²) in [6.45, 7) is 8.85. The minimum absolute atomic E-state index is 0.0496. The molecule has 1 aromatic carbocycles. The number of aryl methyl sites for hydroxylation is 2. The van der Waals surface area contributed by atoms with Gasteiger partial charge in [-0.05, 0) is 36.5 Å². The van der Waals surface area contributed by atoms with E-state index in [4.69, 9.17) is 0 Å². The Bertz CT molecular complexity index is 678. The van der Waals surface area contributed by atoms with E-state index in [1.807, 2.05) is 0 Å². The van der Waals surface area contributed by atoms with Crippen LogP contribution in [0, 0.1) is 18.8 Å². The number of imidazole rings is 1. The summed E-state index contributed by atoms with van der Waals surface area (Å²) in [5.74, 6) is 1.92. The number of nitrogens with one attached hydrogen (secondary N) is 2. The summed E-state index contributed by atoms with van der Waals surface area (Å²) in [4.78, 5) is 20.3. The zero-order chi connectivity index (χ0) is 17.0. The van der Waals surface area contributed by atoms with Crippen molar-refractivity contribution in [2.24, 2.45) is 11.8 Å². The van der Waals surface area contributed by atoms with Gasteiger partial charge in [-0.1, -0.05) is 26.8 Å². The summed E-state index contributed by atoms with van der Waals surface area (Å²) in [6.07, 6.45) is 2.03. The van der Waals surface area contributed by atoms with Gasteiger partial charge in [0.1, 0.15) is 5.82 Å². The molecular formula is C18H27N3OS. The second-order valence-electron chi connectivity index (χ2n) is 6.49. The molecule has 0 spiro atoms. The van der Waals surface area contributed by atoms with Crippen molar-refractivity contribution in [1.82, 2.24) is 15.3 Å². The van der Waals surface area contributed by atoms with Gasteiger partial charge in [0.25, 0.3) is 0 Å². The topological polar surface area (TPSA) is 57.8 Å². The molecule has 0 aliphatic rings. The summed E-state index contributed by atoms with van der Waals surface area (Å²) < 4.78 is 0. The molecule has 0 aliphatic carbocycles. The van der Waals surface area contributed by atoms with Crippen molar-refractivity contribution in [2.75, 3.05) is 5.75 Å². The fourth-order valence-electron chi connectivity index (χ4n) is 2.79. The van der Waals surface area contributed by atoms with Crippen molar-refractivity contribution in [1.29, 1.82) is 0 Å². The monoisotopic (exact) mass is 333 g/mol. The second kappa shape index (κ2) is 7.86. The maximum Gasteiger partial charge on any atom is 0.224 e. The highest BCUT2D eigenvalue weighted by molar-refractivity contribution is 7.80. The predicted molar refractivity (Wildman–Crippen MR) is 98.9 cm³/mol. The Hall–Kier alpha value is -1.49. The van der Waals surface area contributed by atoms with Crippen LogP contribution in [0.3, 0.4) is 0 Å². The normalized spacial score (nSPS) is 12.8. The second-order valence-corrected chi connectivity index (χ2v) is 6.86. The van der Waals surface area contributed by atoms with Crippen LogP contribution >= 0.6 is 12.6 Å². The first-order chi connectivity index (χ1) is 11.0. The minimum atomic E-state index is -0.0496. The van der Waals surface area contributed by atoms with Crippen LogP contribution in [0.15, 0.2) is 12.1 Å². The first-order valence-corrected chi connectivity index (χ1v) is 8.96. The molecule has 1 atom stereocenters. The maximum absolute atomic E-state index is 12.2. The molecule has 0 saturated carbocycles. The molecule has 1 amide bonds. The Labute approximate surface area is 143 Å². The van der Waals surface area contributed by atoms with Crippen LogP contribution < -0.4 is 5.32 Å². The predicted octanol–water partition coefficient (Wildman–Crippen LogP) is 3.64. The molecule has 4 nitrogen and oxygen atoms in total. The number of carbonyl (C=O) groups excluding carboxylic acids is 1. The number of hydrogen-bond donors (Lipinski definition) is 3. The van der Waals surface area contributed by atoms with Gasteiger partial charge in [0.2, 0.25) is 5.91 Å². The highest BCUT2D eigenvalue weighted by atomic mass is 32.1. The summed E-state index contributed by atoms with van der Waals surface area (Å²) >= 11 is 4.29. The van der Waals surface area contributed by atoms with Gasteiger partial charge in [-0.3, -0.25) is 4.79 Å². The average Bonchev–Trinajstić information content (AvgIpc) is 2.89. The molecule has 0 bridgehead atoms. The number of hydrogen-bond acceptors (Lipinski definition) is 3. The van der Waals surface area contributed by atoms with Crippen molar-refractivity contribution in [3.63, 3.8) is 0 Å². The van der Waals surface area contributed by atoms with E-state index in [1.54, 1.807) is 0 Å². The van der Waals surface area contributed by atoms with Gasteiger partial charge >= 0.3 is 0 Å². The fraction of sp³-hybridized carbons (Fsp3) is 0.556. The average molecular weight is 334 g/mol. The minimum Gasteiger partial charge on any atom is -0.352 e. The number of thiol groups is 1. The lowest BCUT2D eigenvalue weighted by molar-refractivity contribution is -0.125. The Morgan fingerprint density at radius 3 is 2.74 bits per heavy atom. The Kier molecular flexibility index (Phi) is 6.10. The van der Waals surface area contributed by atoms with Crippen LogP contribution in [-0.4, -0.2) is 21.6 Å².